The summed E-state index contributed by atoms with van der Waals surface area (Å²) in [7, 11) is 0. The largest absolute Gasteiger partial charge is 0.311 e. The number of aryl methyl sites for hydroxylation is 1. The molecular formula is C19H19BrN4O. The molecule has 1 N–H and O–H groups in total. The maximum Gasteiger partial charge on any atom is 0.225 e. The molecule has 25 heavy (non-hydrogen) atoms. The molecule has 0 saturated carbocycles. The Kier molecular flexibility index (Phi) is 5.28. The fraction of sp³-hybridized carbons (Fsp3) is 0.211. The number of amides is 1. The minimum Gasteiger partial charge on any atom is -0.311 e. The van der Waals surface area contributed by atoms with Crippen LogP contribution in [0.15, 0.2) is 53.1 Å². The molecule has 2 heterocycles. The number of hydrogen-bond donors (Lipinski definition) is 1. The summed E-state index contributed by atoms with van der Waals surface area (Å²) in [5.41, 5.74) is 4.16. The van der Waals surface area contributed by atoms with E-state index in [1.54, 1.807) is 12.3 Å². The van der Waals surface area contributed by atoms with E-state index in [0.717, 1.165) is 27.1 Å². The number of hydrogen-bond acceptors (Lipinski definition) is 3. The Labute approximate surface area is 155 Å². The van der Waals surface area contributed by atoms with E-state index in [2.05, 4.69) is 31.3 Å². The van der Waals surface area contributed by atoms with Crippen LogP contribution in [0.25, 0.3) is 5.69 Å². The number of para-hydroxylation sites is 1. The van der Waals surface area contributed by atoms with Crippen LogP contribution in [0.2, 0.25) is 0 Å². The molecule has 0 radical (unpaired) electrons. The van der Waals surface area contributed by atoms with Crippen LogP contribution in [0, 0.1) is 13.8 Å². The molecule has 1 aromatic carbocycles. The Balaban J connectivity index is 1.68. The summed E-state index contributed by atoms with van der Waals surface area (Å²) in [6, 6.07) is 13.6. The third-order valence-corrected chi connectivity index (χ3v) is 4.51. The molecule has 0 atom stereocenters. The molecule has 5 nitrogen and oxygen atoms in total. The monoisotopic (exact) mass is 398 g/mol. The van der Waals surface area contributed by atoms with Crippen molar-refractivity contribution in [2.24, 2.45) is 0 Å². The van der Waals surface area contributed by atoms with Crippen molar-refractivity contribution < 1.29 is 4.79 Å². The van der Waals surface area contributed by atoms with Gasteiger partial charge in [-0.3, -0.25) is 4.79 Å². The van der Waals surface area contributed by atoms with Crippen molar-refractivity contribution in [1.82, 2.24) is 14.8 Å². The van der Waals surface area contributed by atoms with Gasteiger partial charge in [0, 0.05) is 22.8 Å². The lowest BCUT2D eigenvalue weighted by Crippen LogP contribution is -2.13. The maximum atomic E-state index is 12.2. The Morgan fingerprint density at radius 1 is 1.16 bits per heavy atom. The fourth-order valence-corrected chi connectivity index (χ4v) is 2.99. The molecule has 0 fully saturated rings. The van der Waals surface area contributed by atoms with Crippen molar-refractivity contribution in [1.29, 1.82) is 0 Å². The van der Waals surface area contributed by atoms with Crippen LogP contribution in [0.4, 0.5) is 5.82 Å². The lowest BCUT2D eigenvalue weighted by Gasteiger charge is -2.06. The summed E-state index contributed by atoms with van der Waals surface area (Å²) in [5, 5.41) is 7.44. The van der Waals surface area contributed by atoms with Crippen molar-refractivity contribution in [3.8, 4) is 5.69 Å². The summed E-state index contributed by atoms with van der Waals surface area (Å²) >= 11 is 3.33. The quantitative estimate of drug-likeness (QED) is 0.699. The molecule has 0 aliphatic carbocycles. The van der Waals surface area contributed by atoms with Crippen molar-refractivity contribution >= 4 is 27.7 Å². The molecule has 2 aromatic heterocycles. The van der Waals surface area contributed by atoms with Gasteiger partial charge >= 0.3 is 0 Å². The van der Waals surface area contributed by atoms with E-state index in [4.69, 9.17) is 0 Å². The third kappa shape index (κ3) is 4.14. The highest BCUT2D eigenvalue weighted by Crippen LogP contribution is 2.19. The minimum atomic E-state index is -0.0546. The van der Waals surface area contributed by atoms with Gasteiger partial charge in [0.2, 0.25) is 5.91 Å². The van der Waals surface area contributed by atoms with Gasteiger partial charge in [-0.1, -0.05) is 18.2 Å². The Hall–Kier alpha value is -2.47. The molecule has 6 heteroatoms. The summed E-state index contributed by atoms with van der Waals surface area (Å²) < 4.78 is 2.81. The molecule has 0 saturated heterocycles. The highest BCUT2D eigenvalue weighted by atomic mass is 79.9. The fourth-order valence-electron chi connectivity index (χ4n) is 2.75. The zero-order valence-electron chi connectivity index (χ0n) is 14.2. The number of nitrogens with zero attached hydrogens (tertiary/aromatic N) is 3. The van der Waals surface area contributed by atoms with Gasteiger partial charge in [0.05, 0.1) is 11.4 Å². The Morgan fingerprint density at radius 2 is 1.92 bits per heavy atom. The lowest BCUT2D eigenvalue weighted by molar-refractivity contribution is -0.116. The van der Waals surface area contributed by atoms with E-state index in [-0.39, 0.29) is 5.91 Å². The first-order chi connectivity index (χ1) is 12.0. The topological polar surface area (TPSA) is 59.8 Å². The second-order valence-corrected chi connectivity index (χ2v) is 6.72. The lowest BCUT2D eigenvalue weighted by atomic mass is 10.1. The molecule has 0 aliphatic rings. The zero-order chi connectivity index (χ0) is 17.8. The predicted molar refractivity (Wildman–Crippen MR) is 102 cm³/mol. The van der Waals surface area contributed by atoms with E-state index >= 15 is 0 Å². The van der Waals surface area contributed by atoms with E-state index in [0.29, 0.717) is 18.7 Å². The van der Waals surface area contributed by atoms with Gasteiger partial charge < -0.3 is 5.32 Å². The van der Waals surface area contributed by atoms with Gasteiger partial charge in [0.1, 0.15) is 5.82 Å². The van der Waals surface area contributed by atoms with E-state index < -0.39 is 0 Å². The molecular weight excluding hydrogens is 380 g/mol. The van der Waals surface area contributed by atoms with Crippen LogP contribution >= 0.6 is 15.9 Å². The van der Waals surface area contributed by atoms with Crippen LogP contribution in [0.1, 0.15) is 23.4 Å². The van der Waals surface area contributed by atoms with Gasteiger partial charge in [-0.2, -0.15) is 5.10 Å². The maximum absolute atomic E-state index is 12.2. The van der Waals surface area contributed by atoms with Gasteiger partial charge in [0.25, 0.3) is 0 Å². The van der Waals surface area contributed by atoms with Gasteiger partial charge in [-0.25, -0.2) is 9.67 Å². The predicted octanol–water partition coefficient (Wildman–Crippen LogP) is 4.22. The first kappa shape index (κ1) is 17.4. The number of carbonyl (C=O) groups is 1. The molecule has 0 unspecified atom stereocenters. The van der Waals surface area contributed by atoms with Gasteiger partial charge in [-0.15, -0.1) is 0 Å². The SMILES string of the molecule is Cc1nn(-c2ccccc2)c(C)c1CCC(=O)Nc1ccc(Br)cn1. The van der Waals surface area contributed by atoms with E-state index in [9.17, 15) is 4.79 Å². The highest BCUT2D eigenvalue weighted by Gasteiger charge is 2.14. The number of benzene rings is 1. The standard InChI is InChI=1S/C19H19BrN4O/c1-13-17(14(2)24(23-13)16-6-4-3-5-7-16)9-11-19(25)22-18-10-8-15(20)12-21-18/h3-8,10,12H,9,11H2,1-2H3,(H,21,22,25). The molecule has 128 valence electrons. The van der Waals surface area contributed by atoms with Crippen LogP contribution < -0.4 is 5.32 Å². The number of anilines is 1. The minimum absolute atomic E-state index is 0.0546. The van der Waals surface area contributed by atoms with Crippen LogP contribution in [-0.2, 0) is 11.2 Å². The Morgan fingerprint density at radius 3 is 2.60 bits per heavy atom. The second-order valence-electron chi connectivity index (χ2n) is 5.81. The van der Waals surface area contributed by atoms with Gasteiger partial charge in [0.15, 0.2) is 0 Å². The van der Waals surface area contributed by atoms with Crippen molar-refractivity contribution in [3.05, 3.63) is 70.1 Å². The molecule has 1 amide bonds. The van der Waals surface area contributed by atoms with E-state index in [1.165, 1.54) is 0 Å². The number of nitrogens with one attached hydrogen (secondary N) is 1. The average Bonchev–Trinajstić information content (AvgIpc) is 2.90. The normalized spacial score (nSPS) is 10.7. The second kappa shape index (κ2) is 7.61. The van der Waals surface area contributed by atoms with Crippen molar-refractivity contribution in [2.75, 3.05) is 5.32 Å². The van der Waals surface area contributed by atoms with Crippen LogP contribution in [0.3, 0.4) is 0 Å². The zero-order valence-corrected chi connectivity index (χ0v) is 15.7. The number of rotatable bonds is 5. The smallest absolute Gasteiger partial charge is 0.225 e. The molecule has 3 rings (SSSR count). The van der Waals surface area contributed by atoms with E-state index in [1.807, 2.05) is 54.9 Å². The molecule has 3 aromatic rings. The first-order valence-electron chi connectivity index (χ1n) is 8.06. The first-order valence-corrected chi connectivity index (χ1v) is 8.86. The number of carbonyl (C=O) groups excluding carboxylic acids is 1. The third-order valence-electron chi connectivity index (χ3n) is 4.04. The van der Waals surface area contributed by atoms with Crippen LogP contribution in [0.5, 0.6) is 0 Å². The number of aromatic nitrogens is 3. The van der Waals surface area contributed by atoms with Crippen molar-refractivity contribution in [3.63, 3.8) is 0 Å². The van der Waals surface area contributed by atoms with Crippen LogP contribution in [-0.4, -0.2) is 20.7 Å². The molecule has 0 aliphatic heterocycles. The summed E-state index contributed by atoms with van der Waals surface area (Å²) in [6.45, 7) is 4.02. The van der Waals surface area contributed by atoms with Crippen molar-refractivity contribution in [2.45, 2.75) is 26.7 Å². The highest BCUT2D eigenvalue weighted by molar-refractivity contribution is 9.10. The summed E-state index contributed by atoms with van der Waals surface area (Å²) in [4.78, 5) is 16.3. The molecule has 0 spiro atoms. The average molecular weight is 399 g/mol. The number of pyridine rings is 1. The Bertz CT molecular complexity index is 872. The van der Waals surface area contributed by atoms with Gasteiger partial charge in [-0.05, 0) is 66.0 Å². The summed E-state index contributed by atoms with van der Waals surface area (Å²) in [5.74, 6) is 0.503. The number of halogens is 1. The summed E-state index contributed by atoms with van der Waals surface area (Å²) in [6.07, 6.45) is 2.70. The molecule has 0 bridgehead atoms.